The lowest BCUT2D eigenvalue weighted by Gasteiger charge is -2.34. The zero-order valence-electron chi connectivity index (χ0n) is 12.8. The van der Waals surface area contributed by atoms with Gasteiger partial charge in [0, 0.05) is 17.0 Å². The van der Waals surface area contributed by atoms with Crippen molar-refractivity contribution >= 4 is 46.1 Å². The van der Waals surface area contributed by atoms with Crippen molar-refractivity contribution < 1.29 is 14.4 Å². The lowest BCUT2D eigenvalue weighted by molar-refractivity contribution is -0.133. The van der Waals surface area contributed by atoms with Gasteiger partial charge in [-0.25, -0.2) is 9.69 Å². The fraction of sp³-hybridized carbons (Fsp3) is 0.375. The van der Waals surface area contributed by atoms with Gasteiger partial charge in [0.15, 0.2) is 0 Å². The molecule has 122 valence electrons. The van der Waals surface area contributed by atoms with E-state index < -0.39 is 6.04 Å². The predicted octanol–water partition coefficient (Wildman–Crippen LogP) is 1.30. The first-order valence-electron chi connectivity index (χ1n) is 7.57. The first-order chi connectivity index (χ1) is 11.4. The number of urea groups is 1. The molecule has 4 amide bonds. The third-order valence-corrected chi connectivity index (χ3v) is 5.89. The summed E-state index contributed by atoms with van der Waals surface area (Å²) in [5.74, 6) is -0.354. The molecule has 24 heavy (non-hydrogen) atoms. The van der Waals surface area contributed by atoms with E-state index in [-0.39, 0.29) is 29.9 Å². The number of imide groups is 1. The summed E-state index contributed by atoms with van der Waals surface area (Å²) in [5, 5.41) is 9.02. The number of anilines is 1. The zero-order valence-corrected chi connectivity index (χ0v) is 14.9. The number of carbonyl (C=O) groups excluding carboxylic acids is 3. The number of hydrogen-bond donors (Lipinski definition) is 0. The summed E-state index contributed by atoms with van der Waals surface area (Å²) in [4.78, 5) is 41.9. The molecule has 0 N–H and O–H groups in total. The number of fused-ring (bicyclic) bond motifs is 5. The normalized spacial score (nSPS) is 27.7. The molecule has 8 heteroatoms. The van der Waals surface area contributed by atoms with Crippen LogP contribution in [0.2, 0.25) is 0 Å². The minimum Gasteiger partial charge on any atom is -0.335 e. The first-order valence-corrected chi connectivity index (χ1v) is 8.65. The molecule has 0 spiro atoms. The number of nitriles is 1. The topological polar surface area (TPSA) is 84.7 Å². The van der Waals surface area contributed by atoms with Gasteiger partial charge in [0.2, 0.25) is 5.91 Å². The van der Waals surface area contributed by atoms with Gasteiger partial charge >= 0.3 is 6.03 Å². The Morgan fingerprint density at radius 2 is 2.12 bits per heavy atom. The highest BCUT2D eigenvalue weighted by atomic mass is 127. The van der Waals surface area contributed by atoms with Gasteiger partial charge in [-0.05, 0) is 47.2 Å². The Labute approximate surface area is 151 Å². The minimum absolute atomic E-state index is 0.0613. The Morgan fingerprint density at radius 3 is 2.75 bits per heavy atom. The van der Waals surface area contributed by atoms with Crippen LogP contribution in [0.5, 0.6) is 0 Å². The van der Waals surface area contributed by atoms with E-state index >= 15 is 0 Å². The molecule has 4 rings (SSSR count). The molecule has 3 aliphatic rings. The smallest absolute Gasteiger partial charge is 0.332 e. The molecule has 0 aliphatic carbocycles. The predicted molar refractivity (Wildman–Crippen MR) is 92.0 cm³/mol. The lowest BCUT2D eigenvalue weighted by atomic mass is 10.1. The molecule has 7 nitrogen and oxygen atoms in total. The number of benzene rings is 1. The van der Waals surface area contributed by atoms with E-state index in [1.165, 1.54) is 11.8 Å². The highest BCUT2D eigenvalue weighted by molar-refractivity contribution is 14.1. The summed E-state index contributed by atoms with van der Waals surface area (Å²) in [5.41, 5.74) is 0.971. The van der Waals surface area contributed by atoms with Crippen molar-refractivity contribution in [3.05, 3.63) is 27.3 Å². The Hall–Kier alpha value is -2.15. The van der Waals surface area contributed by atoms with Crippen LogP contribution in [0.1, 0.15) is 18.9 Å². The van der Waals surface area contributed by atoms with Crippen molar-refractivity contribution in [3.63, 3.8) is 0 Å². The second kappa shape index (κ2) is 5.17. The molecule has 0 aromatic heterocycles. The number of piperazine rings is 1. The maximum Gasteiger partial charge on any atom is 0.332 e. The van der Waals surface area contributed by atoms with E-state index in [1.807, 2.05) is 22.6 Å². The van der Waals surface area contributed by atoms with E-state index in [0.29, 0.717) is 27.8 Å². The minimum atomic E-state index is -0.589. The Bertz CT molecular complexity index is 833. The van der Waals surface area contributed by atoms with Crippen molar-refractivity contribution in [2.45, 2.75) is 31.5 Å². The van der Waals surface area contributed by atoms with Gasteiger partial charge in [0.1, 0.15) is 12.1 Å². The summed E-state index contributed by atoms with van der Waals surface area (Å²) >= 11 is 2.01. The van der Waals surface area contributed by atoms with Gasteiger partial charge in [0.25, 0.3) is 5.91 Å². The van der Waals surface area contributed by atoms with Crippen LogP contribution in [0, 0.1) is 14.9 Å². The van der Waals surface area contributed by atoms with Crippen LogP contribution < -0.4 is 4.90 Å². The molecule has 1 aromatic carbocycles. The van der Waals surface area contributed by atoms with Gasteiger partial charge < -0.3 is 9.80 Å². The third-order valence-electron chi connectivity index (χ3n) is 5.00. The fourth-order valence-electron chi connectivity index (χ4n) is 3.99. The van der Waals surface area contributed by atoms with Gasteiger partial charge in [-0.2, -0.15) is 5.26 Å². The Balaban J connectivity index is 1.70. The van der Waals surface area contributed by atoms with Crippen LogP contribution in [0.4, 0.5) is 10.5 Å². The zero-order chi connectivity index (χ0) is 17.2. The van der Waals surface area contributed by atoms with Gasteiger partial charge in [0.05, 0.1) is 23.3 Å². The number of amides is 4. The summed E-state index contributed by atoms with van der Waals surface area (Å²) < 4.78 is 0.689. The quantitative estimate of drug-likeness (QED) is 0.491. The summed E-state index contributed by atoms with van der Waals surface area (Å²) in [7, 11) is 0. The molecule has 1 aromatic rings. The number of likely N-dealkylation sites (tertiary alicyclic amines) is 1. The standard InChI is InChI=1S/C16H13IN4O3/c1-8(22)19-7-11-5-13(19)14-15(23)21(16(24)20(11)14)10-3-2-9(6-18)12(17)4-10/h2-4,11,13-14H,5,7H2,1H3/t11-,13-,14+/m0/s1. The lowest BCUT2D eigenvalue weighted by Crippen LogP contribution is -2.54. The highest BCUT2D eigenvalue weighted by Gasteiger charge is 2.62. The maximum absolute atomic E-state index is 12.9. The average Bonchev–Trinajstić information content (AvgIpc) is 3.19. The number of carbonyl (C=O) groups is 3. The second-order valence-corrected chi connectivity index (χ2v) is 7.37. The first kappa shape index (κ1) is 15.4. The van der Waals surface area contributed by atoms with Crippen LogP contribution >= 0.6 is 22.6 Å². The van der Waals surface area contributed by atoms with E-state index in [4.69, 9.17) is 5.26 Å². The average molecular weight is 436 g/mol. The van der Waals surface area contributed by atoms with Crippen LogP contribution in [0.3, 0.4) is 0 Å². The largest absolute Gasteiger partial charge is 0.335 e. The van der Waals surface area contributed by atoms with Crippen LogP contribution in [0.15, 0.2) is 18.2 Å². The molecule has 0 saturated carbocycles. The monoisotopic (exact) mass is 436 g/mol. The number of hydrogen-bond acceptors (Lipinski definition) is 4. The number of rotatable bonds is 1. The molecule has 3 aliphatic heterocycles. The number of halogens is 1. The molecule has 0 unspecified atom stereocenters. The Kier molecular flexibility index (Phi) is 3.32. The molecular weight excluding hydrogens is 423 g/mol. The van der Waals surface area contributed by atoms with Crippen molar-refractivity contribution in [2.75, 3.05) is 11.4 Å². The van der Waals surface area contributed by atoms with Crippen LogP contribution in [-0.2, 0) is 9.59 Å². The van der Waals surface area contributed by atoms with E-state index in [2.05, 4.69) is 6.07 Å². The van der Waals surface area contributed by atoms with E-state index in [1.54, 1.807) is 28.0 Å². The summed E-state index contributed by atoms with van der Waals surface area (Å²) in [6.07, 6.45) is 0.667. The Morgan fingerprint density at radius 1 is 1.38 bits per heavy atom. The molecule has 3 fully saturated rings. The SMILES string of the molecule is CC(=O)N1C[C@@H]2C[C@H]1[C@@H]1C(=O)N(c3ccc(C#N)c(I)c3)C(=O)N21. The summed E-state index contributed by atoms with van der Waals surface area (Å²) in [6, 6.07) is 5.71. The molecule has 2 bridgehead atoms. The van der Waals surface area contributed by atoms with Crippen LogP contribution in [-0.4, -0.2) is 52.3 Å². The molecule has 3 atom stereocenters. The van der Waals surface area contributed by atoms with Crippen molar-refractivity contribution in [1.29, 1.82) is 5.26 Å². The van der Waals surface area contributed by atoms with Crippen molar-refractivity contribution in [2.24, 2.45) is 0 Å². The second-order valence-electron chi connectivity index (χ2n) is 6.21. The molecule has 3 saturated heterocycles. The van der Waals surface area contributed by atoms with Crippen molar-refractivity contribution in [3.8, 4) is 6.07 Å². The van der Waals surface area contributed by atoms with E-state index in [9.17, 15) is 14.4 Å². The maximum atomic E-state index is 12.9. The van der Waals surface area contributed by atoms with Crippen molar-refractivity contribution in [1.82, 2.24) is 9.80 Å². The van der Waals surface area contributed by atoms with Gasteiger partial charge in [-0.3, -0.25) is 9.59 Å². The summed E-state index contributed by atoms with van der Waals surface area (Å²) in [6.45, 7) is 1.99. The molecule has 3 heterocycles. The highest BCUT2D eigenvalue weighted by Crippen LogP contribution is 2.42. The number of nitrogens with zero attached hydrogens (tertiary/aromatic N) is 4. The molecule has 0 radical (unpaired) electrons. The third kappa shape index (κ3) is 1.90. The van der Waals surface area contributed by atoms with Crippen LogP contribution in [0.25, 0.3) is 0 Å². The fourth-order valence-corrected chi connectivity index (χ4v) is 4.61. The molecular formula is C16H13IN4O3. The van der Waals surface area contributed by atoms with Gasteiger partial charge in [-0.15, -0.1) is 0 Å². The van der Waals surface area contributed by atoms with Gasteiger partial charge in [-0.1, -0.05) is 0 Å². The van der Waals surface area contributed by atoms with E-state index in [0.717, 1.165) is 0 Å².